The van der Waals surface area contributed by atoms with Crippen molar-refractivity contribution in [3.8, 4) is 0 Å². The Balaban J connectivity index is 1.63. The summed E-state index contributed by atoms with van der Waals surface area (Å²) >= 11 is 6.32. The number of benzene rings is 1. The number of hydrogen-bond acceptors (Lipinski definition) is 6. The number of nitrogens with one attached hydrogen (secondary N) is 1. The lowest BCUT2D eigenvalue weighted by atomic mass is 9.87. The van der Waals surface area contributed by atoms with Crippen molar-refractivity contribution in [2.45, 2.75) is 51.8 Å². The first-order valence-corrected chi connectivity index (χ1v) is 12.4. The summed E-state index contributed by atoms with van der Waals surface area (Å²) in [4.78, 5) is 33.4. The molecule has 1 saturated heterocycles. The molecule has 0 saturated carbocycles. The smallest absolute Gasteiger partial charge is 0.241 e. The number of nitrogens with two attached hydrogens (primary N) is 1. The molecule has 2 amide bonds. The predicted octanol–water partition coefficient (Wildman–Crippen LogP) is 3.29. The van der Waals surface area contributed by atoms with E-state index < -0.39 is 29.4 Å². The summed E-state index contributed by atoms with van der Waals surface area (Å²) in [5.74, 6) is -1.30. The van der Waals surface area contributed by atoms with Gasteiger partial charge < -0.3 is 21.1 Å². The number of pyridine rings is 1. The van der Waals surface area contributed by atoms with Gasteiger partial charge in [0.15, 0.2) is 0 Å². The van der Waals surface area contributed by atoms with Crippen molar-refractivity contribution in [3.05, 3.63) is 53.4 Å². The van der Waals surface area contributed by atoms with Gasteiger partial charge in [-0.1, -0.05) is 37.6 Å². The van der Waals surface area contributed by atoms with E-state index in [1.54, 1.807) is 11.0 Å². The molecule has 0 unspecified atom stereocenters. The van der Waals surface area contributed by atoms with Gasteiger partial charge in [0.1, 0.15) is 11.6 Å². The maximum atomic E-state index is 13.1. The number of piperazine rings is 1. The van der Waals surface area contributed by atoms with Gasteiger partial charge in [-0.3, -0.25) is 14.5 Å². The average molecular weight is 520 g/mol. The number of aromatic nitrogens is 1. The monoisotopic (exact) mass is 519 g/mol. The highest BCUT2D eigenvalue weighted by molar-refractivity contribution is 6.33. The van der Waals surface area contributed by atoms with E-state index in [1.165, 1.54) is 12.1 Å². The summed E-state index contributed by atoms with van der Waals surface area (Å²) in [6.45, 7) is 8.63. The molecule has 0 aliphatic carbocycles. The van der Waals surface area contributed by atoms with Crippen molar-refractivity contribution in [1.29, 1.82) is 0 Å². The molecule has 10 heteroatoms. The van der Waals surface area contributed by atoms with Gasteiger partial charge in [0.25, 0.3) is 0 Å². The van der Waals surface area contributed by atoms with Gasteiger partial charge >= 0.3 is 0 Å². The molecule has 1 aliphatic rings. The Morgan fingerprint density at radius 2 is 1.97 bits per heavy atom. The lowest BCUT2D eigenvalue weighted by Gasteiger charge is -2.47. The topological polar surface area (TPSA) is 112 Å². The highest BCUT2D eigenvalue weighted by atomic mass is 35.5. The predicted molar refractivity (Wildman–Crippen MR) is 139 cm³/mol. The van der Waals surface area contributed by atoms with Crippen molar-refractivity contribution in [2.75, 3.05) is 29.9 Å². The summed E-state index contributed by atoms with van der Waals surface area (Å²) in [6.07, 6.45) is 0.191. The lowest BCUT2D eigenvalue weighted by Crippen LogP contribution is -2.64. The van der Waals surface area contributed by atoms with E-state index in [9.17, 15) is 19.1 Å². The number of aliphatic hydroxyl groups excluding tert-OH is 1. The van der Waals surface area contributed by atoms with Gasteiger partial charge in [-0.25, -0.2) is 9.37 Å². The molecule has 1 aliphatic heterocycles. The van der Waals surface area contributed by atoms with E-state index in [1.807, 2.05) is 50.8 Å². The van der Waals surface area contributed by atoms with Gasteiger partial charge in [-0.2, -0.15) is 0 Å². The Labute approximate surface area is 216 Å². The van der Waals surface area contributed by atoms with Crippen LogP contribution in [0.2, 0.25) is 5.02 Å². The van der Waals surface area contributed by atoms with Crippen LogP contribution in [0.15, 0.2) is 42.6 Å². The van der Waals surface area contributed by atoms with Gasteiger partial charge in [0.05, 0.1) is 29.6 Å². The van der Waals surface area contributed by atoms with Crippen LogP contribution in [0.3, 0.4) is 0 Å². The number of carbonyl (C=O) groups excluding carboxylic acids is 2. The van der Waals surface area contributed by atoms with Gasteiger partial charge in [-0.05, 0) is 50.5 Å². The zero-order chi connectivity index (χ0) is 26.6. The van der Waals surface area contributed by atoms with Crippen molar-refractivity contribution in [3.63, 3.8) is 0 Å². The zero-order valence-electron chi connectivity index (χ0n) is 21.1. The molecule has 0 bridgehead atoms. The number of rotatable bonds is 9. The maximum absolute atomic E-state index is 13.1. The van der Waals surface area contributed by atoms with Crippen LogP contribution in [0, 0.1) is 17.7 Å². The third-order valence-electron chi connectivity index (χ3n) is 6.71. The highest BCUT2D eigenvalue weighted by Gasteiger charge is 2.40. The van der Waals surface area contributed by atoms with Crippen LogP contribution in [0.25, 0.3) is 0 Å². The molecule has 8 nitrogen and oxygen atoms in total. The van der Waals surface area contributed by atoms with E-state index in [0.717, 1.165) is 6.20 Å². The number of para-hydroxylation sites is 1. The van der Waals surface area contributed by atoms with Crippen molar-refractivity contribution >= 4 is 34.9 Å². The second-order valence-corrected chi connectivity index (χ2v) is 10.7. The molecular weight excluding hydrogens is 485 g/mol. The highest BCUT2D eigenvalue weighted by Crippen LogP contribution is 2.31. The average Bonchev–Trinajstić information content (AvgIpc) is 2.81. The fourth-order valence-electron chi connectivity index (χ4n) is 4.40. The minimum Gasteiger partial charge on any atom is -0.391 e. The molecule has 0 spiro atoms. The van der Waals surface area contributed by atoms with Crippen LogP contribution >= 0.6 is 11.6 Å². The lowest BCUT2D eigenvalue weighted by molar-refractivity contribution is -0.124. The van der Waals surface area contributed by atoms with E-state index >= 15 is 0 Å². The van der Waals surface area contributed by atoms with Crippen molar-refractivity contribution in [2.24, 2.45) is 17.6 Å². The third-order valence-corrected chi connectivity index (χ3v) is 7.03. The number of amides is 2. The summed E-state index contributed by atoms with van der Waals surface area (Å²) in [6, 6.07) is 9.15. The number of aliphatic hydroxyl groups is 1. The maximum Gasteiger partial charge on any atom is 0.241 e. The molecule has 4 N–H and O–H groups in total. The minimum absolute atomic E-state index is 0.0792. The van der Waals surface area contributed by atoms with Gasteiger partial charge in [-0.15, -0.1) is 0 Å². The Kier molecular flexibility index (Phi) is 9.05. The van der Waals surface area contributed by atoms with Crippen LogP contribution in [0.1, 0.15) is 34.1 Å². The fourth-order valence-corrected chi connectivity index (χ4v) is 4.64. The van der Waals surface area contributed by atoms with Crippen LogP contribution in [-0.4, -0.2) is 64.1 Å². The van der Waals surface area contributed by atoms with E-state index in [-0.39, 0.29) is 43.1 Å². The molecule has 36 heavy (non-hydrogen) atoms. The third kappa shape index (κ3) is 6.79. The van der Waals surface area contributed by atoms with Gasteiger partial charge in [0, 0.05) is 30.6 Å². The molecule has 2 heterocycles. The molecular formula is C26H35ClFN5O3. The first kappa shape index (κ1) is 28.0. The molecule has 3 rings (SSSR count). The Bertz CT molecular complexity index is 1070. The molecule has 1 aromatic heterocycles. The second kappa shape index (κ2) is 11.6. The number of nitrogens with zero attached hydrogens (tertiary/aromatic N) is 3. The Hall–Kier alpha value is -2.59. The molecule has 1 fully saturated rings. The van der Waals surface area contributed by atoms with Crippen LogP contribution in [0.5, 0.6) is 0 Å². The van der Waals surface area contributed by atoms with Gasteiger partial charge in [0.2, 0.25) is 11.8 Å². The molecule has 3 atom stereocenters. The largest absolute Gasteiger partial charge is 0.391 e. The van der Waals surface area contributed by atoms with Crippen LogP contribution in [0.4, 0.5) is 15.9 Å². The van der Waals surface area contributed by atoms with E-state index in [4.69, 9.17) is 17.3 Å². The number of anilines is 2. The molecule has 0 radical (unpaired) electrons. The summed E-state index contributed by atoms with van der Waals surface area (Å²) in [5, 5.41) is 14.1. The fraction of sp³-hybridized carbons (Fsp3) is 0.500. The standard InChI is InChI=1S/C26H35ClFN5O3/c1-16(2)18(25(36)31-23-10-9-17(28)12-30-23)11-22(34)20(29)13-32-14-24(35)33(15-26(32,3)4)21-8-6-5-7-19(21)27/h5-10,12,16,18,20,22,34H,11,13-15,29H2,1-4H3,(H,30,31,36)/t18-,20-,22-/m0/s1. The molecule has 196 valence electrons. The minimum atomic E-state index is -0.975. The normalized spacial score (nSPS) is 18.7. The number of carbonyl (C=O) groups is 2. The van der Waals surface area contributed by atoms with Crippen LogP contribution in [-0.2, 0) is 9.59 Å². The Morgan fingerprint density at radius 1 is 1.28 bits per heavy atom. The molecule has 1 aromatic carbocycles. The van der Waals surface area contributed by atoms with E-state index in [2.05, 4.69) is 10.3 Å². The first-order valence-electron chi connectivity index (χ1n) is 12.0. The quantitative estimate of drug-likeness (QED) is 0.469. The van der Waals surface area contributed by atoms with E-state index in [0.29, 0.717) is 17.3 Å². The summed E-state index contributed by atoms with van der Waals surface area (Å²) in [5.41, 5.74) is 6.62. The molecule has 2 aromatic rings. The number of halogens is 2. The second-order valence-electron chi connectivity index (χ2n) is 10.3. The number of hydrogen-bond donors (Lipinski definition) is 3. The summed E-state index contributed by atoms with van der Waals surface area (Å²) in [7, 11) is 0. The van der Waals surface area contributed by atoms with Crippen molar-refractivity contribution < 1.29 is 19.1 Å². The SMILES string of the molecule is CC(C)[C@H](C[C@H](O)[C@@H](N)CN1CC(=O)N(c2ccccc2Cl)CC1(C)C)C(=O)Nc1ccc(F)cn1. The summed E-state index contributed by atoms with van der Waals surface area (Å²) < 4.78 is 13.1. The first-order chi connectivity index (χ1) is 16.9. The van der Waals surface area contributed by atoms with Crippen molar-refractivity contribution in [1.82, 2.24) is 9.88 Å². The zero-order valence-corrected chi connectivity index (χ0v) is 21.9. The van der Waals surface area contributed by atoms with Crippen LogP contribution < -0.4 is 16.0 Å². The Morgan fingerprint density at radius 3 is 2.58 bits per heavy atom.